The van der Waals surface area contributed by atoms with Gasteiger partial charge in [-0.05, 0) is 12.1 Å². The Bertz CT molecular complexity index is 268. The van der Waals surface area contributed by atoms with Crippen LogP contribution in [0.1, 0.15) is 0 Å². The molecule has 0 aliphatic carbocycles. The first-order valence-electron chi connectivity index (χ1n) is 3.23. The normalized spacial score (nSPS) is 9.18. The Hall–Kier alpha value is -1.44. The fourth-order valence-electron chi connectivity index (χ4n) is 0.745. The van der Waals surface area contributed by atoms with Gasteiger partial charge in [0.25, 0.3) is 0 Å². The van der Waals surface area contributed by atoms with Gasteiger partial charge in [0.2, 0.25) is 0 Å². The third-order valence-electron chi connectivity index (χ3n) is 1.12. The molecule has 2 heteroatoms. The quantitative estimate of drug-likeness (QED) is 0.514. The second kappa shape index (κ2) is 3.10. The van der Waals surface area contributed by atoms with Crippen LogP contribution in [0.5, 0.6) is 5.75 Å². The molecule has 2 nitrogen and oxygen atoms in total. The van der Waals surface area contributed by atoms with Gasteiger partial charge in [-0.2, -0.15) is 0 Å². The highest BCUT2D eigenvalue weighted by Crippen LogP contribution is 2.15. The fourth-order valence-corrected chi connectivity index (χ4v) is 0.745. The highest BCUT2D eigenvalue weighted by atomic mass is 16.5. The van der Waals surface area contributed by atoms with E-state index in [0.29, 0.717) is 17.2 Å². The molecule has 0 unspecified atom stereocenters. The minimum atomic E-state index is 0.413. The fraction of sp³-hybridized carbons (Fsp3) is 0. The molecule has 0 heterocycles. The third kappa shape index (κ3) is 2.34. The Balaban J connectivity index is 2.79. The van der Waals surface area contributed by atoms with E-state index in [1.165, 1.54) is 0 Å². The average Bonchev–Trinajstić information content (AvgIpc) is 1.85. The molecule has 0 saturated carbocycles. The van der Waals surface area contributed by atoms with Crippen molar-refractivity contribution < 1.29 is 4.74 Å². The molecule has 0 aromatic heterocycles. The van der Waals surface area contributed by atoms with Crippen LogP contribution in [0.2, 0.25) is 0 Å². The van der Waals surface area contributed by atoms with Gasteiger partial charge in [0.05, 0.1) is 5.76 Å². The van der Waals surface area contributed by atoms with Gasteiger partial charge >= 0.3 is 0 Å². The van der Waals surface area contributed by atoms with E-state index in [4.69, 9.17) is 10.5 Å². The summed E-state index contributed by atoms with van der Waals surface area (Å²) in [5.41, 5.74) is 6.17. The van der Waals surface area contributed by atoms with Gasteiger partial charge < -0.3 is 10.5 Å². The summed E-state index contributed by atoms with van der Waals surface area (Å²) >= 11 is 0. The van der Waals surface area contributed by atoms with Crippen molar-refractivity contribution in [2.45, 2.75) is 0 Å². The Morgan fingerprint density at radius 1 is 1.45 bits per heavy atom. The minimum Gasteiger partial charge on any atom is -0.462 e. The molecule has 0 aliphatic heterocycles. The molecule has 0 fully saturated rings. The van der Waals surface area contributed by atoms with Gasteiger partial charge in [-0.25, -0.2) is 0 Å². The zero-order valence-electron chi connectivity index (χ0n) is 6.21. The largest absolute Gasteiger partial charge is 0.462 e. The van der Waals surface area contributed by atoms with Crippen molar-refractivity contribution in [1.82, 2.24) is 0 Å². The summed E-state index contributed by atoms with van der Waals surface area (Å²) in [6.07, 6.45) is 0. The maximum Gasteiger partial charge on any atom is 0.128 e. The molecule has 0 amide bonds. The molecule has 2 N–H and O–H groups in total. The van der Waals surface area contributed by atoms with Crippen molar-refractivity contribution in [3.63, 3.8) is 0 Å². The Kier molecular flexibility index (Phi) is 2.16. The maximum absolute atomic E-state index is 5.50. The summed E-state index contributed by atoms with van der Waals surface area (Å²) in [7, 11) is 0. The molecular weight excluding hydrogens is 138 g/mol. The number of ether oxygens (including phenoxy) is 1. The number of hydrogen-bond acceptors (Lipinski definition) is 2. The number of nitrogen functional groups attached to an aromatic ring is 1. The van der Waals surface area contributed by atoms with Gasteiger partial charge in [-0.3, -0.25) is 0 Å². The third-order valence-corrected chi connectivity index (χ3v) is 1.12. The zero-order valence-corrected chi connectivity index (χ0v) is 6.21. The average molecular weight is 148 g/mol. The molecule has 1 aromatic rings. The summed E-state index contributed by atoms with van der Waals surface area (Å²) in [6.45, 7) is 7.01. The van der Waals surface area contributed by atoms with Crippen molar-refractivity contribution >= 4 is 5.69 Å². The van der Waals surface area contributed by atoms with Crippen LogP contribution in [0.4, 0.5) is 5.69 Å². The van der Waals surface area contributed by atoms with E-state index >= 15 is 0 Å². The number of hydrogen-bond donors (Lipinski definition) is 1. The first-order chi connectivity index (χ1) is 5.18. The van der Waals surface area contributed by atoms with Crippen LogP contribution in [0.15, 0.2) is 36.6 Å². The van der Waals surface area contributed by atoms with E-state index < -0.39 is 0 Å². The lowest BCUT2D eigenvalue weighted by atomic mass is 10.3. The Morgan fingerprint density at radius 2 is 2.18 bits per heavy atom. The number of anilines is 1. The van der Waals surface area contributed by atoms with E-state index in [0.717, 1.165) is 0 Å². The van der Waals surface area contributed by atoms with E-state index in [2.05, 4.69) is 13.5 Å². The molecule has 0 bridgehead atoms. The van der Waals surface area contributed by atoms with E-state index in [9.17, 15) is 0 Å². The molecule has 1 radical (unpaired) electrons. The summed E-state index contributed by atoms with van der Waals surface area (Å²) in [4.78, 5) is 0. The Labute approximate surface area is 66.3 Å². The van der Waals surface area contributed by atoms with Gasteiger partial charge in [0.1, 0.15) is 5.75 Å². The van der Waals surface area contributed by atoms with Crippen molar-refractivity contribution in [3.8, 4) is 5.75 Å². The standard InChI is InChI=1S/C9H10NO/c1-7(2)11-9-5-3-4-8(10)6-9/h3-6H,1-2,10H2. The maximum atomic E-state index is 5.50. The first-order valence-corrected chi connectivity index (χ1v) is 3.23. The highest BCUT2D eigenvalue weighted by Gasteiger charge is 1.92. The van der Waals surface area contributed by atoms with Crippen LogP contribution in [-0.4, -0.2) is 0 Å². The second-order valence-corrected chi connectivity index (χ2v) is 2.21. The molecule has 1 aromatic carbocycles. The monoisotopic (exact) mass is 148 g/mol. The van der Waals surface area contributed by atoms with Crippen LogP contribution in [0.25, 0.3) is 0 Å². The van der Waals surface area contributed by atoms with Crippen molar-refractivity contribution in [3.05, 3.63) is 43.5 Å². The minimum absolute atomic E-state index is 0.413. The van der Waals surface area contributed by atoms with Gasteiger partial charge in [-0.15, -0.1) is 0 Å². The van der Waals surface area contributed by atoms with E-state index in [1.807, 2.05) is 6.07 Å². The lowest BCUT2D eigenvalue weighted by Crippen LogP contribution is -1.90. The van der Waals surface area contributed by atoms with Gasteiger partial charge in [0, 0.05) is 18.7 Å². The number of nitrogens with two attached hydrogens (primary N) is 1. The summed E-state index contributed by atoms with van der Waals surface area (Å²) in [5, 5.41) is 0. The van der Waals surface area contributed by atoms with Crippen molar-refractivity contribution in [2.24, 2.45) is 0 Å². The predicted octanol–water partition coefficient (Wildman–Crippen LogP) is 2.00. The Morgan fingerprint density at radius 3 is 2.73 bits per heavy atom. The molecule has 0 atom stereocenters. The molecule has 0 aliphatic rings. The zero-order chi connectivity index (χ0) is 8.27. The van der Waals surface area contributed by atoms with Crippen LogP contribution in [0.3, 0.4) is 0 Å². The van der Waals surface area contributed by atoms with Crippen LogP contribution in [0, 0.1) is 6.92 Å². The SMILES string of the molecule is [CH2]C(=C)Oc1cccc(N)c1. The summed E-state index contributed by atoms with van der Waals surface area (Å²) in [5.74, 6) is 1.08. The lowest BCUT2D eigenvalue weighted by Gasteiger charge is -2.03. The lowest BCUT2D eigenvalue weighted by molar-refractivity contribution is 0.446. The predicted molar refractivity (Wildman–Crippen MR) is 46.0 cm³/mol. The van der Waals surface area contributed by atoms with Crippen molar-refractivity contribution in [2.75, 3.05) is 5.73 Å². The molecule has 1 rings (SSSR count). The van der Waals surface area contributed by atoms with Crippen molar-refractivity contribution in [1.29, 1.82) is 0 Å². The smallest absolute Gasteiger partial charge is 0.128 e. The second-order valence-electron chi connectivity index (χ2n) is 2.21. The highest BCUT2D eigenvalue weighted by molar-refractivity contribution is 5.44. The summed E-state index contributed by atoms with van der Waals surface area (Å²) < 4.78 is 5.11. The molecule has 0 spiro atoms. The summed E-state index contributed by atoms with van der Waals surface area (Å²) in [6, 6.07) is 7.12. The number of rotatable bonds is 2. The van der Waals surface area contributed by atoms with Crippen LogP contribution < -0.4 is 10.5 Å². The van der Waals surface area contributed by atoms with Gasteiger partial charge in [0.15, 0.2) is 0 Å². The number of allylic oxidation sites excluding steroid dienone is 1. The van der Waals surface area contributed by atoms with Crippen LogP contribution in [-0.2, 0) is 0 Å². The van der Waals surface area contributed by atoms with Crippen LogP contribution >= 0.6 is 0 Å². The van der Waals surface area contributed by atoms with E-state index in [1.54, 1.807) is 18.2 Å². The van der Waals surface area contributed by atoms with Gasteiger partial charge in [-0.1, -0.05) is 12.6 Å². The number of benzene rings is 1. The molecular formula is C9H10NO. The molecule has 11 heavy (non-hydrogen) atoms. The molecule has 0 saturated heterocycles. The topological polar surface area (TPSA) is 35.2 Å². The first kappa shape index (κ1) is 7.66. The van der Waals surface area contributed by atoms with E-state index in [-0.39, 0.29) is 0 Å². The molecule has 57 valence electrons.